The van der Waals surface area contributed by atoms with Gasteiger partial charge in [0.25, 0.3) is 0 Å². The zero-order valence-corrected chi connectivity index (χ0v) is 16.2. The fraction of sp³-hybridized carbons (Fsp3) is 0.750. The van der Waals surface area contributed by atoms with Crippen molar-refractivity contribution in [3.63, 3.8) is 0 Å². The van der Waals surface area contributed by atoms with Crippen LogP contribution in [0.2, 0.25) is 0 Å². The minimum Gasteiger partial charge on any atom is -0.463 e. The van der Waals surface area contributed by atoms with E-state index >= 15 is 0 Å². The third-order valence-corrected chi connectivity index (χ3v) is 5.04. The third-order valence-electron chi connectivity index (χ3n) is 3.84. The predicted octanol–water partition coefficient (Wildman–Crippen LogP) is 1.99. The topological polar surface area (TPSA) is 100 Å². The van der Waals surface area contributed by atoms with E-state index in [-0.39, 0.29) is 18.1 Å². The average molecular weight is 427 g/mol. The molecule has 2 rings (SSSR count). The smallest absolute Gasteiger partial charge is 0.389 e. The molecule has 0 aromatic rings. The van der Waals surface area contributed by atoms with Crippen molar-refractivity contribution in [3.05, 3.63) is 0 Å². The van der Waals surface area contributed by atoms with Gasteiger partial charge in [0.05, 0.1) is 5.04 Å². The molecule has 0 amide bonds. The van der Waals surface area contributed by atoms with E-state index in [4.69, 9.17) is 18.9 Å². The first-order chi connectivity index (χ1) is 13.0. The van der Waals surface area contributed by atoms with Crippen LogP contribution in [0.5, 0.6) is 0 Å². The predicted molar refractivity (Wildman–Crippen MR) is 90.5 cm³/mol. The van der Waals surface area contributed by atoms with Crippen molar-refractivity contribution in [2.24, 2.45) is 4.99 Å². The molecule has 2 aliphatic rings. The highest BCUT2D eigenvalue weighted by molar-refractivity contribution is 8.14. The fourth-order valence-corrected chi connectivity index (χ4v) is 4.05. The molecule has 0 radical (unpaired) electrons. The SMILES string of the molecule is CC(=O)OC[C@H]1O[C@@H]2SC(CCC(F)(F)F)=N[C@@H]2[C@@H](OC(C)=O)[C@@H]1OC(C)=O. The molecule has 0 aromatic heterocycles. The molecule has 0 aliphatic carbocycles. The number of halogens is 3. The van der Waals surface area contributed by atoms with Gasteiger partial charge in [0, 0.05) is 33.6 Å². The first-order valence-electron chi connectivity index (χ1n) is 8.39. The lowest BCUT2D eigenvalue weighted by Crippen LogP contribution is -2.59. The summed E-state index contributed by atoms with van der Waals surface area (Å²) in [5.41, 5.74) is -0.764. The summed E-state index contributed by atoms with van der Waals surface area (Å²) in [6.45, 7) is 3.18. The van der Waals surface area contributed by atoms with Gasteiger partial charge in [-0.3, -0.25) is 19.4 Å². The van der Waals surface area contributed by atoms with Crippen molar-refractivity contribution in [3.8, 4) is 0 Å². The minimum absolute atomic E-state index is 0.194. The van der Waals surface area contributed by atoms with E-state index < -0.39 is 60.3 Å². The molecule has 1 fully saturated rings. The highest BCUT2D eigenvalue weighted by atomic mass is 32.2. The molecule has 0 saturated carbocycles. The zero-order chi connectivity index (χ0) is 21.1. The van der Waals surface area contributed by atoms with Crippen molar-refractivity contribution in [1.82, 2.24) is 0 Å². The lowest BCUT2D eigenvalue weighted by Gasteiger charge is -2.41. The van der Waals surface area contributed by atoms with Crippen molar-refractivity contribution in [2.75, 3.05) is 6.61 Å². The van der Waals surface area contributed by atoms with Gasteiger partial charge in [-0.1, -0.05) is 11.8 Å². The second-order valence-electron chi connectivity index (χ2n) is 6.24. The first-order valence-corrected chi connectivity index (χ1v) is 9.27. The van der Waals surface area contributed by atoms with E-state index in [0.717, 1.165) is 25.6 Å². The van der Waals surface area contributed by atoms with Crippen LogP contribution in [0.25, 0.3) is 0 Å². The lowest BCUT2D eigenvalue weighted by molar-refractivity contribution is -0.208. The van der Waals surface area contributed by atoms with E-state index in [9.17, 15) is 27.6 Å². The number of ether oxygens (including phenoxy) is 4. The molecule has 12 heteroatoms. The van der Waals surface area contributed by atoms with Gasteiger partial charge in [-0.05, 0) is 0 Å². The Morgan fingerprint density at radius 1 is 1.07 bits per heavy atom. The summed E-state index contributed by atoms with van der Waals surface area (Å²) in [5.74, 6) is -1.97. The van der Waals surface area contributed by atoms with Gasteiger partial charge in [-0.15, -0.1) is 0 Å². The quantitative estimate of drug-likeness (QED) is 0.469. The molecule has 0 N–H and O–H groups in total. The molecular formula is C16H20F3NO7S. The number of carbonyl (C=O) groups is 3. The summed E-state index contributed by atoms with van der Waals surface area (Å²) in [5, 5.41) is 0.194. The normalized spacial score (nSPS) is 29.5. The largest absolute Gasteiger partial charge is 0.463 e. The number of rotatable bonds is 6. The van der Waals surface area contributed by atoms with Gasteiger partial charge in [0.2, 0.25) is 0 Å². The summed E-state index contributed by atoms with van der Waals surface area (Å²) in [4.78, 5) is 38.4. The lowest BCUT2D eigenvalue weighted by atomic mass is 9.97. The molecule has 5 atom stereocenters. The second kappa shape index (κ2) is 9.12. The van der Waals surface area contributed by atoms with Gasteiger partial charge < -0.3 is 18.9 Å². The van der Waals surface area contributed by atoms with Gasteiger partial charge in [0.15, 0.2) is 12.2 Å². The van der Waals surface area contributed by atoms with E-state index in [1.54, 1.807) is 0 Å². The molecule has 2 heterocycles. The van der Waals surface area contributed by atoms with Crippen LogP contribution in [0.3, 0.4) is 0 Å². The van der Waals surface area contributed by atoms with Gasteiger partial charge in [-0.25, -0.2) is 0 Å². The Bertz CT molecular complexity index is 655. The number of nitrogens with zero attached hydrogens (tertiary/aromatic N) is 1. The Hall–Kier alpha value is -1.82. The Kier molecular flexibility index (Phi) is 7.32. The summed E-state index contributed by atoms with van der Waals surface area (Å²) in [7, 11) is 0. The summed E-state index contributed by atoms with van der Waals surface area (Å²) in [6, 6.07) is -0.852. The van der Waals surface area contributed by atoms with Crippen LogP contribution < -0.4 is 0 Å². The van der Waals surface area contributed by atoms with Gasteiger partial charge in [0.1, 0.15) is 24.2 Å². The summed E-state index contributed by atoms with van der Waals surface area (Å²) >= 11 is 0.981. The van der Waals surface area contributed by atoms with Gasteiger partial charge >= 0.3 is 24.1 Å². The molecule has 28 heavy (non-hydrogen) atoms. The van der Waals surface area contributed by atoms with Crippen LogP contribution in [0.15, 0.2) is 4.99 Å². The maximum absolute atomic E-state index is 12.5. The molecule has 0 bridgehead atoms. The van der Waals surface area contributed by atoms with Crippen LogP contribution in [0, 0.1) is 0 Å². The number of hydrogen-bond donors (Lipinski definition) is 0. The highest BCUT2D eigenvalue weighted by Crippen LogP contribution is 2.40. The molecule has 0 spiro atoms. The van der Waals surface area contributed by atoms with E-state index in [1.807, 2.05) is 0 Å². The summed E-state index contributed by atoms with van der Waals surface area (Å²) < 4.78 is 58.7. The van der Waals surface area contributed by atoms with Crippen LogP contribution in [-0.4, -0.2) is 65.5 Å². The standard InChI is InChI=1S/C16H20F3NO7S/c1-7(21)24-6-10-13(25-8(2)22)14(26-9(3)23)12-15(27-10)28-11(20-12)4-5-16(17,18)19/h10,12-15H,4-6H2,1-3H3/t10-,12-,13-,14-,15-/m1/s1. The van der Waals surface area contributed by atoms with E-state index in [1.165, 1.54) is 6.92 Å². The molecular weight excluding hydrogens is 407 g/mol. The second-order valence-corrected chi connectivity index (χ2v) is 7.41. The number of aliphatic imine (C=N–C) groups is 1. The van der Waals surface area contributed by atoms with Crippen LogP contribution in [0.4, 0.5) is 13.2 Å². The van der Waals surface area contributed by atoms with Crippen LogP contribution in [-0.2, 0) is 33.3 Å². The number of thioether (sulfide) groups is 1. The average Bonchev–Trinajstić information content (AvgIpc) is 2.95. The van der Waals surface area contributed by atoms with Crippen molar-refractivity contribution >= 4 is 34.7 Å². The monoisotopic (exact) mass is 427 g/mol. The van der Waals surface area contributed by atoms with Crippen LogP contribution >= 0.6 is 11.8 Å². The van der Waals surface area contributed by atoms with E-state index in [2.05, 4.69) is 4.99 Å². The number of fused-ring (bicyclic) bond motifs is 1. The Labute approximate surface area is 163 Å². The van der Waals surface area contributed by atoms with Crippen molar-refractivity contribution < 1.29 is 46.5 Å². The number of hydrogen-bond acceptors (Lipinski definition) is 9. The number of esters is 3. The zero-order valence-electron chi connectivity index (χ0n) is 15.4. The number of alkyl halides is 3. The van der Waals surface area contributed by atoms with Crippen LogP contribution in [0.1, 0.15) is 33.6 Å². The maximum atomic E-state index is 12.5. The Morgan fingerprint density at radius 3 is 2.21 bits per heavy atom. The van der Waals surface area contributed by atoms with Gasteiger partial charge in [-0.2, -0.15) is 13.2 Å². The molecule has 2 aliphatic heterocycles. The fourth-order valence-electron chi connectivity index (χ4n) is 2.82. The Balaban J connectivity index is 2.24. The maximum Gasteiger partial charge on any atom is 0.389 e. The van der Waals surface area contributed by atoms with Crippen molar-refractivity contribution in [2.45, 2.75) is 69.6 Å². The first kappa shape index (κ1) is 22.5. The molecule has 0 aromatic carbocycles. The molecule has 8 nitrogen and oxygen atoms in total. The number of carbonyl (C=O) groups excluding carboxylic acids is 3. The third kappa shape index (κ3) is 6.36. The molecule has 1 saturated heterocycles. The molecule has 158 valence electrons. The summed E-state index contributed by atoms with van der Waals surface area (Å²) in [6.07, 6.45) is -8.93. The highest BCUT2D eigenvalue weighted by Gasteiger charge is 2.53. The Morgan fingerprint density at radius 2 is 1.68 bits per heavy atom. The molecule has 0 unspecified atom stereocenters. The minimum atomic E-state index is -4.34. The van der Waals surface area contributed by atoms with Crippen molar-refractivity contribution in [1.29, 1.82) is 0 Å². The van der Waals surface area contributed by atoms with E-state index in [0.29, 0.717) is 0 Å².